The van der Waals surface area contributed by atoms with Crippen LogP contribution in [0, 0.1) is 0 Å². The summed E-state index contributed by atoms with van der Waals surface area (Å²) in [5.74, 6) is 1.36. The zero-order chi connectivity index (χ0) is 13.2. The Morgan fingerprint density at radius 3 is 2.95 bits per heavy atom. The Balaban J connectivity index is 1.68. The highest BCUT2D eigenvalue weighted by molar-refractivity contribution is 7.13. The molecule has 1 atom stereocenters. The van der Waals surface area contributed by atoms with E-state index in [0.717, 1.165) is 31.7 Å². The van der Waals surface area contributed by atoms with E-state index in [1.54, 1.807) is 0 Å². The molecule has 0 bridgehead atoms. The molecule has 5 nitrogen and oxygen atoms in total. The molecule has 1 aromatic rings. The van der Waals surface area contributed by atoms with Crippen molar-refractivity contribution in [2.45, 2.75) is 18.9 Å². The zero-order valence-electron chi connectivity index (χ0n) is 10.6. The molecule has 6 heteroatoms. The van der Waals surface area contributed by atoms with Crippen molar-refractivity contribution in [3.63, 3.8) is 0 Å². The number of carbonyl (C=O) groups is 1. The third-order valence-corrected chi connectivity index (χ3v) is 3.88. The van der Waals surface area contributed by atoms with Gasteiger partial charge in [-0.25, -0.2) is 0 Å². The summed E-state index contributed by atoms with van der Waals surface area (Å²) in [6.45, 7) is 2.14. The largest absolute Gasteiger partial charge is 0.490 e. The van der Waals surface area contributed by atoms with Gasteiger partial charge >= 0.3 is 0 Å². The molecule has 19 heavy (non-hydrogen) atoms. The van der Waals surface area contributed by atoms with Crippen LogP contribution in [-0.2, 0) is 4.79 Å². The van der Waals surface area contributed by atoms with E-state index in [2.05, 4.69) is 19.4 Å². The average molecular weight is 280 g/mol. The second-order valence-corrected chi connectivity index (χ2v) is 5.58. The minimum Gasteiger partial charge on any atom is -0.490 e. The first-order valence-corrected chi connectivity index (χ1v) is 6.95. The maximum Gasteiger partial charge on any atom is 0.262 e. The summed E-state index contributed by atoms with van der Waals surface area (Å²) in [6.07, 6.45) is 2.28. The average Bonchev–Trinajstić information content (AvgIpc) is 2.41. The third kappa shape index (κ3) is 2.99. The van der Waals surface area contributed by atoms with E-state index in [1.807, 2.05) is 18.2 Å². The van der Waals surface area contributed by atoms with Crippen molar-refractivity contribution in [1.82, 2.24) is 4.67 Å². The number of hydrogen-bond donors (Lipinski definition) is 1. The molecule has 2 heterocycles. The van der Waals surface area contributed by atoms with E-state index in [1.165, 1.54) is 0 Å². The molecule has 0 aliphatic carbocycles. The van der Waals surface area contributed by atoms with Crippen molar-refractivity contribution in [1.29, 1.82) is 0 Å². The highest BCUT2D eigenvalue weighted by atomic mass is 31.0. The molecular formula is C13H17N2O3P. The molecule has 0 aromatic heterocycles. The van der Waals surface area contributed by atoms with Gasteiger partial charge in [0.15, 0.2) is 6.61 Å². The number of carbonyl (C=O) groups excluding carboxylic acids is 1. The molecular weight excluding hydrogens is 263 g/mol. The van der Waals surface area contributed by atoms with E-state index < -0.39 is 0 Å². The van der Waals surface area contributed by atoms with Gasteiger partial charge in [-0.2, -0.15) is 0 Å². The van der Waals surface area contributed by atoms with E-state index in [4.69, 9.17) is 9.47 Å². The van der Waals surface area contributed by atoms with Gasteiger partial charge in [0.05, 0.1) is 5.69 Å². The van der Waals surface area contributed by atoms with Gasteiger partial charge in [0.2, 0.25) is 0 Å². The number of rotatable bonds is 2. The van der Waals surface area contributed by atoms with Crippen molar-refractivity contribution in [2.75, 3.05) is 25.0 Å². The molecule has 1 aromatic carbocycles. The Kier molecular flexibility index (Phi) is 3.58. The SMILES string of the molecule is O=C1COc2ccc(OC3CCN(P)CC3)cc2N1. The number of nitrogens with zero attached hydrogens (tertiary/aromatic N) is 1. The second kappa shape index (κ2) is 5.35. The Labute approximate surface area is 114 Å². The lowest BCUT2D eigenvalue weighted by molar-refractivity contribution is -0.118. The van der Waals surface area contributed by atoms with Gasteiger partial charge in [-0.15, -0.1) is 0 Å². The lowest BCUT2D eigenvalue weighted by atomic mass is 10.1. The number of amides is 1. The summed E-state index contributed by atoms with van der Waals surface area (Å²) in [6, 6.07) is 5.57. The molecule has 1 fully saturated rings. The minimum absolute atomic E-state index is 0.0832. The third-order valence-electron chi connectivity index (χ3n) is 3.36. The van der Waals surface area contributed by atoms with Crippen molar-refractivity contribution >= 4 is 21.0 Å². The Hall–Kier alpha value is -1.32. The van der Waals surface area contributed by atoms with Crippen molar-refractivity contribution in [3.8, 4) is 11.5 Å². The van der Waals surface area contributed by atoms with Crippen molar-refractivity contribution in [2.24, 2.45) is 0 Å². The highest BCUT2D eigenvalue weighted by Gasteiger charge is 2.20. The predicted molar refractivity (Wildman–Crippen MR) is 75.5 cm³/mol. The van der Waals surface area contributed by atoms with Gasteiger partial charge in [0.1, 0.15) is 17.6 Å². The highest BCUT2D eigenvalue weighted by Crippen LogP contribution is 2.32. The normalized spacial score (nSPS) is 20.4. The van der Waals surface area contributed by atoms with Crippen LogP contribution in [0.1, 0.15) is 12.8 Å². The standard InChI is InChI=1S/C13H17N2O3P/c16-13-8-17-12-2-1-10(7-11(12)14-13)18-9-3-5-15(19)6-4-9/h1-2,7,9H,3-6,8,19H2,(H,14,16). The monoisotopic (exact) mass is 280 g/mol. The maximum atomic E-state index is 11.3. The Morgan fingerprint density at radius 1 is 1.37 bits per heavy atom. The molecule has 0 spiro atoms. The number of fused-ring (bicyclic) bond motifs is 1. The molecule has 1 unspecified atom stereocenters. The first-order chi connectivity index (χ1) is 9.20. The molecule has 3 rings (SSSR count). The van der Waals surface area contributed by atoms with Crippen LogP contribution in [0.4, 0.5) is 5.69 Å². The van der Waals surface area contributed by atoms with Crippen molar-refractivity contribution in [3.05, 3.63) is 18.2 Å². The quantitative estimate of drug-likeness (QED) is 0.837. The summed E-state index contributed by atoms with van der Waals surface area (Å²) >= 11 is 0. The van der Waals surface area contributed by atoms with Crippen LogP contribution in [0.15, 0.2) is 18.2 Å². The molecule has 1 amide bonds. The van der Waals surface area contributed by atoms with Gasteiger partial charge in [0.25, 0.3) is 5.91 Å². The minimum atomic E-state index is -0.124. The van der Waals surface area contributed by atoms with Crippen LogP contribution < -0.4 is 14.8 Å². The van der Waals surface area contributed by atoms with Gasteiger partial charge in [-0.1, -0.05) is 9.39 Å². The van der Waals surface area contributed by atoms with Gasteiger partial charge in [-0.3, -0.25) is 9.46 Å². The zero-order valence-corrected chi connectivity index (χ0v) is 11.7. The summed E-state index contributed by atoms with van der Waals surface area (Å²) in [4.78, 5) is 11.3. The van der Waals surface area contributed by atoms with Crippen LogP contribution in [0.3, 0.4) is 0 Å². The fraction of sp³-hybridized carbons (Fsp3) is 0.462. The van der Waals surface area contributed by atoms with Crippen LogP contribution >= 0.6 is 9.39 Å². The molecule has 2 aliphatic rings. The summed E-state index contributed by atoms with van der Waals surface area (Å²) in [5, 5.41) is 2.79. The Bertz CT molecular complexity index is 487. The molecule has 0 radical (unpaired) electrons. The van der Waals surface area contributed by atoms with E-state index in [0.29, 0.717) is 11.4 Å². The number of hydrogen-bond acceptors (Lipinski definition) is 4. The smallest absolute Gasteiger partial charge is 0.262 e. The summed E-state index contributed by atoms with van der Waals surface area (Å²) in [7, 11) is 2.72. The Morgan fingerprint density at radius 2 is 2.16 bits per heavy atom. The molecule has 0 saturated carbocycles. The maximum absolute atomic E-state index is 11.3. The number of benzene rings is 1. The first kappa shape index (κ1) is 12.7. The van der Waals surface area contributed by atoms with Crippen LogP contribution in [0.5, 0.6) is 11.5 Å². The van der Waals surface area contributed by atoms with E-state index in [-0.39, 0.29) is 18.6 Å². The van der Waals surface area contributed by atoms with Crippen molar-refractivity contribution < 1.29 is 14.3 Å². The second-order valence-electron chi connectivity index (χ2n) is 4.85. The lowest BCUT2D eigenvalue weighted by Gasteiger charge is -2.29. The van der Waals surface area contributed by atoms with Gasteiger partial charge < -0.3 is 14.8 Å². The summed E-state index contributed by atoms with van der Waals surface area (Å²) < 4.78 is 13.5. The number of anilines is 1. The van der Waals surface area contributed by atoms with E-state index in [9.17, 15) is 4.79 Å². The number of piperidine rings is 1. The summed E-state index contributed by atoms with van der Waals surface area (Å²) in [5.41, 5.74) is 0.692. The van der Waals surface area contributed by atoms with E-state index >= 15 is 0 Å². The fourth-order valence-electron chi connectivity index (χ4n) is 2.32. The fourth-order valence-corrected chi connectivity index (χ4v) is 2.62. The van der Waals surface area contributed by atoms with Crippen LogP contribution in [-0.4, -0.2) is 36.4 Å². The first-order valence-electron chi connectivity index (χ1n) is 6.44. The number of nitrogens with one attached hydrogen (secondary N) is 1. The molecule has 1 saturated heterocycles. The van der Waals surface area contributed by atoms with Crippen LogP contribution in [0.2, 0.25) is 0 Å². The molecule has 2 aliphatic heterocycles. The molecule has 102 valence electrons. The number of ether oxygens (including phenoxy) is 2. The molecule has 1 N–H and O–H groups in total. The lowest BCUT2D eigenvalue weighted by Crippen LogP contribution is -2.32. The van der Waals surface area contributed by atoms with Crippen LogP contribution in [0.25, 0.3) is 0 Å². The van der Waals surface area contributed by atoms with Gasteiger partial charge in [0, 0.05) is 19.2 Å². The van der Waals surface area contributed by atoms with Gasteiger partial charge in [-0.05, 0) is 25.0 Å². The predicted octanol–water partition coefficient (Wildman–Crippen LogP) is 1.65. The topological polar surface area (TPSA) is 50.8 Å².